The number of aromatic nitrogens is 1. The van der Waals surface area contributed by atoms with E-state index in [0.29, 0.717) is 5.69 Å². The number of nitrogens with zero attached hydrogens (tertiary/aromatic N) is 1. The standard InChI is InChI=1S/C5H6N2O.CH4/c6-4-1-5(8)3-7-2-4;/h1-3,8H,6H2;1H4. The van der Waals surface area contributed by atoms with Crippen molar-refractivity contribution in [1.29, 1.82) is 0 Å². The van der Waals surface area contributed by atoms with Gasteiger partial charge in [-0.3, -0.25) is 4.98 Å². The van der Waals surface area contributed by atoms with Gasteiger partial charge in [-0.15, -0.1) is 0 Å². The van der Waals surface area contributed by atoms with Gasteiger partial charge < -0.3 is 10.8 Å². The maximum Gasteiger partial charge on any atom is 0.135 e. The van der Waals surface area contributed by atoms with Crippen molar-refractivity contribution < 1.29 is 5.11 Å². The predicted molar refractivity (Wildman–Crippen MR) is 37.0 cm³/mol. The van der Waals surface area contributed by atoms with Gasteiger partial charge in [0.15, 0.2) is 0 Å². The molecule has 1 aromatic rings. The smallest absolute Gasteiger partial charge is 0.135 e. The molecule has 0 spiro atoms. The third-order valence-electron chi connectivity index (χ3n) is 0.745. The van der Waals surface area contributed by atoms with Crippen LogP contribution in [0, 0.1) is 0 Å². The molecule has 0 bridgehead atoms. The lowest BCUT2D eigenvalue weighted by Crippen LogP contribution is -1.83. The summed E-state index contributed by atoms with van der Waals surface area (Å²) in [6, 6.07) is 1.44. The number of nitrogen functional groups attached to an aromatic ring is 1. The Balaban J connectivity index is 0.000000640. The van der Waals surface area contributed by atoms with Gasteiger partial charge in [0.2, 0.25) is 0 Å². The predicted octanol–water partition coefficient (Wildman–Crippen LogP) is 1.01. The van der Waals surface area contributed by atoms with E-state index in [0.717, 1.165) is 0 Å². The van der Waals surface area contributed by atoms with Gasteiger partial charge >= 0.3 is 0 Å². The summed E-state index contributed by atoms with van der Waals surface area (Å²) in [5, 5.41) is 8.67. The molecule has 3 heteroatoms. The molecule has 0 atom stereocenters. The van der Waals surface area contributed by atoms with E-state index in [2.05, 4.69) is 4.98 Å². The van der Waals surface area contributed by atoms with Crippen molar-refractivity contribution in [2.75, 3.05) is 5.73 Å². The van der Waals surface area contributed by atoms with Crippen molar-refractivity contribution in [1.82, 2.24) is 4.98 Å². The lowest BCUT2D eigenvalue weighted by Gasteiger charge is -1.89. The highest BCUT2D eigenvalue weighted by atomic mass is 16.3. The quantitative estimate of drug-likeness (QED) is 0.545. The van der Waals surface area contributed by atoms with Crippen molar-refractivity contribution in [2.45, 2.75) is 7.43 Å². The molecule has 0 aliphatic heterocycles. The number of rotatable bonds is 0. The first-order valence-corrected chi connectivity index (χ1v) is 2.18. The second-order valence-corrected chi connectivity index (χ2v) is 1.48. The molecule has 0 amide bonds. The molecule has 50 valence electrons. The van der Waals surface area contributed by atoms with Crippen molar-refractivity contribution in [3.8, 4) is 5.75 Å². The summed E-state index contributed by atoms with van der Waals surface area (Å²) in [6.07, 6.45) is 2.80. The Morgan fingerprint density at radius 1 is 1.44 bits per heavy atom. The molecule has 0 fully saturated rings. The van der Waals surface area contributed by atoms with Crippen molar-refractivity contribution >= 4 is 5.69 Å². The molecule has 3 nitrogen and oxygen atoms in total. The number of pyridine rings is 1. The molecule has 0 saturated heterocycles. The topological polar surface area (TPSA) is 59.1 Å². The van der Waals surface area contributed by atoms with Gasteiger partial charge in [-0.05, 0) is 0 Å². The largest absolute Gasteiger partial charge is 0.506 e. The fourth-order valence-corrected chi connectivity index (χ4v) is 0.445. The fraction of sp³-hybridized carbons (Fsp3) is 0.167. The molecular weight excluding hydrogens is 116 g/mol. The van der Waals surface area contributed by atoms with Crippen LogP contribution in [-0.2, 0) is 0 Å². The summed E-state index contributed by atoms with van der Waals surface area (Å²) in [6.45, 7) is 0. The van der Waals surface area contributed by atoms with Gasteiger partial charge in [0.1, 0.15) is 5.75 Å². The molecule has 0 aromatic carbocycles. The normalized spacial score (nSPS) is 8.00. The highest BCUT2D eigenvalue weighted by molar-refractivity contribution is 5.39. The van der Waals surface area contributed by atoms with E-state index in [1.54, 1.807) is 0 Å². The van der Waals surface area contributed by atoms with Gasteiger partial charge in [-0.1, -0.05) is 7.43 Å². The van der Waals surface area contributed by atoms with Crippen LogP contribution in [0.25, 0.3) is 0 Å². The van der Waals surface area contributed by atoms with E-state index in [9.17, 15) is 0 Å². The van der Waals surface area contributed by atoms with E-state index >= 15 is 0 Å². The first-order chi connectivity index (χ1) is 3.79. The third kappa shape index (κ3) is 1.99. The highest BCUT2D eigenvalue weighted by Crippen LogP contribution is 2.08. The van der Waals surface area contributed by atoms with E-state index in [4.69, 9.17) is 10.8 Å². The number of hydrogen-bond donors (Lipinski definition) is 2. The second-order valence-electron chi connectivity index (χ2n) is 1.48. The lowest BCUT2D eigenvalue weighted by atomic mass is 10.4. The number of hydrogen-bond acceptors (Lipinski definition) is 3. The monoisotopic (exact) mass is 126 g/mol. The van der Waals surface area contributed by atoms with Crippen LogP contribution in [0.3, 0.4) is 0 Å². The van der Waals surface area contributed by atoms with Gasteiger partial charge in [-0.2, -0.15) is 0 Å². The van der Waals surface area contributed by atoms with Crippen molar-refractivity contribution in [3.05, 3.63) is 18.5 Å². The molecule has 1 rings (SSSR count). The van der Waals surface area contributed by atoms with Crippen LogP contribution in [0.2, 0.25) is 0 Å². The van der Waals surface area contributed by atoms with Crippen LogP contribution < -0.4 is 5.73 Å². The second kappa shape index (κ2) is 2.91. The molecule has 0 aliphatic carbocycles. The Hall–Kier alpha value is -1.25. The van der Waals surface area contributed by atoms with Crippen LogP contribution >= 0.6 is 0 Å². The summed E-state index contributed by atoms with van der Waals surface area (Å²) in [7, 11) is 0. The summed E-state index contributed by atoms with van der Waals surface area (Å²) in [5.74, 6) is 0.102. The zero-order valence-corrected chi connectivity index (χ0v) is 4.20. The molecule has 0 aliphatic rings. The summed E-state index contributed by atoms with van der Waals surface area (Å²) >= 11 is 0. The molecule has 0 radical (unpaired) electrons. The van der Waals surface area contributed by atoms with Crippen molar-refractivity contribution in [2.24, 2.45) is 0 Å². The van der Waals surface area contributed by atoms with Gasteiger partial charge in [0.05, 0.1) is 18.1 Å². The van der Waals surface area contributed by atoms with E-state index in [1.165, 1.54) is 18.5 Å². The molecule has 0 saturated carbocycles. The fourth-order valence-electron chi connectivity index (χ4n) is 0.445. The minimum atomic E-state index is 0. The Kier molecular flexibility index (Phi) is 2.51. The Morgan fingerprint density at radius 3 is 2.44 bits per heavy atom. The molecule has 9 heavy (non-hydrogen) atoms. The average molecular weight is 126 g/mol. The Morgan fingerprint density at radius 2 is 2.11 bits per heavy atom. The third-order valence-corrected chi connectivity index (χ3v) is 0.745. The first kappa shape index (κ1) is 7.75. The number of nitrogens with two attached hydrogens (primary N) is 1. The van der Waals surface area contributed by atoms with Gasteiger partial charge in [0.25, 0.3) is 0 Å². The van der Waals surface area contributed by atoms with Gasteiger partial charge in [0, 0.05) is 6.07 Å². The summed E-state index contributed by atoms with van der Waals surface area (Å²) < 4.78 is 0. The van der Waals surface area contributed by atoms with Crippen molar-refractivity contribution in [3.63, 3.8) is 0 Å². The molecule has 0 unspecified atom stereocenters. The maximum absolute atomic E-state index is 8.67. The van der Waals surface area contributed by atoms with Crippen LogP contribution in [0.4, 0.5) is 5.69 Å². The minimum Gasteiger partial charge on any atom is -0.506 e. The van der Waals surface area contributed by atoms with Crippen LogP contribution in [0.15, 0.2) is 18.5 Å². The number of anilines is 1. The molecule has 1 heterocycles. The Bertz CT molecular complexity index is 171. The summed E-state index contributed by atoms with van der Waals surface area (Å²) in [5.41, 5.74) is 5.71. The highest BCUT2D eigenvalue weighted by Gasteiger charge is 1.84. The van der Waals surface area contributed by atoms with E-state index < -0.39 is 0 Å². The average Bonchev–Trinajstić information content (AvgIpc) is 1.64. The maximum atomic E-state index is 8.67. The van der Waals surface area contributed by atoms with Crippen LogP contribution in [-0.4, -0.2) is 10.1 Å². The van der Waals surface area contributed by atoms with E-state index in [-0.39, 0.29) is 13.2 Å². The first-order valence-electron chi connectivity index (χ1n) is 2.18. The van der Waals surface area contributed by atoms with Crippen LogP contribution in [0.5, 0.6) is 5.75 Å². The van der Waals surface area contributed by atoms with Crippen LogP contribution in [0.1, 0.15) is 7.43 Å². The van der Waals surface area contributed by atoms with Gasteiger partial charge in [-0.25, -0.2) is 0 Å². The molecule has 1 aromatic heterocycles. The lowest BCUT2D eigenvalue weighted by molar-refractivity contribution is 0.473. The Labute approximate surface area is 54.2 Å². The zero-order chi connectivity index (χ0) is 5.98. The molecular formula is C6H10N2O. The SMILES string of the molecule is C.Nc1cncc(O)c1. The minimum absolute atomic E-state index is 0. The molecule has 3 N–H and O–H groups in total. The summed E-state index contributed by atoms with van der Waals surface area (Å²) in [4.78, 5) is 3.61. The zero-order valence-electron chi connectivity index (χ0n) is 4.20. The van der Waals surface area contributed by atoms with E-state index in [1.807, 2.05) is 0 Å². The number of aromatic hydroxyl groups is 1.